The van der Waals surface area contributed by atoms with Crippen molar-refractivity contribution in [3.63, 3.8) is 0 Å². The molecular formula is C25H25F4N5O3. The second-order valence-corrected chi connectivity index (χ2v) is 8.58. The van der Waals surface area contributed by atoms with E-state index in [1.807, 2.05) is 0 Å². The molecule has 196 valence electrons. The quantitative estimate of drug-likeness (QED) is 0.380. The fraction of sp³-hybridized carbons (Fsp3) is 0.320. The third-order valence-corrected chi connectivity index (χ3v) is 6.04. The molecule has 0 saturated carbocycles. The Labute approximate surface area is 209 Å². The Kier molecular flexibility index (Phi) is 7.10. The van der Waals surface area contributed by atoms with Crippen molar-refractivity contribution >= 4 is 17.5 Å². The van der Waals surface area contributed by atoms with Crippen LogP contribution in [0.15, 0.2) is 47.3 Å². The number of carbonyl (C=O) groups is 1. The molecule has 0 saturated heterocycles. The normalized spacial score (nSPS) is 14.2. The number of amides is 1. The number of nitrogens with zero attached hydrogens (tertiary/aromatic N) is 3. The molecule has 3 N–H and O–H groups in total. The highest BCUT2D eigenvalue weighted by molar-refractivity contribution is 5.95. The van der Waals surface area contributed by atoms with Crippen LogP contribution in [0.2, 0.25) is 0 Å². The van der Waals surface area contributed by atoms with E-state index in [0.717, 1.165) is 22.9 Å². The molecule has 1 aromatic heterocycles. The van der Waals surface area contributed by atoms with Crippen molar-refractivity contribution in [3.05, 3.63) is 86.6 Å². The molecule has 1 aliphatic rings. The number of anilines is 2. The molecule has 12 heteroatoms. The van der Waals surface area contributed by atoms with Gasteiger partial charge in [0.2, 0.25) is 5.95 Å². The van der Waals surface area contributed by atoms with Gasteiger partial charge in [0.15, 0.2) is 0 Å². The van der Waals surface area contributed by atoms with Gasteiger partial charge >= 0.3 is 6.18 Å². The lowest BCUT2D eigenvalue weighted by Gasteiger charge is -2.29. The van der Waals surface area contributed by atoms with E-state index in [4.69, 9.17) is 10.6 Å². The van der Waals surface area contributed by atoms with Crippen LogP contribution in [0.5, 0.6) is 0 Å². The first-order valence-electron chi connectivity index (χ1n) is 11.6. The van der Waals surface area contributed by atoms with E-state index in [-0.39, 0.29) is 48.9 Å². The molecule has 2 aromatic carbocycles. The van der Waals surface area contributed by atoms with Gasteiger partial charge in [0.25, 0.3) is 11.5 Å². The van der Waals surface area contributed by atoms with Gasteiger partial charge in [-0.1, -0.05) is 12.1 Å². The van der Waals surface area contributed by atoms with Crippen molar-refractivity contribution in [3.8, 4) is 0 Å². The van der Waals surface area contributed by atoms with Crippen LogP contribution in [0.3, 0.4) is 0 Å². The highest BCUT2D eigenvalue weighted by Crippen LogP contribution is 2.30. The molecule has 3 aromatic rings. The molecular weight excluding hydrogens is 494 g/mol. The molecule has 0 spiro atoms. The lowest BCUT2D eigenvalue weighted by molar-refractivity contribution is -0.137. The Bertz CT molecular complexity index is 1370. The molecule has 2 heterocycles. The standard InChI is InChI=1S/C25H25F4N5O3/c1-3-37-34-23(36)19-13-33(22(35)18-9-8-17(30)12-20(18)26)11-10-21(19)32-24(34)31-14(2)15-4-6-16(7-5-15)25(27,28)29/h4-9,12,14H,3,10-11,13,30H2,1-2H3,(H,31,32)/t14-/m0/s1. The smallest absolute Gasteiger partial charge is 0.408 e. The number of nitrogen functional groups attached to an aromatic ring is 1. The van der Waals surface area contributed by atoms with Gasteiger partial charge in [-0.25, -0.2) is 9.37 Å². The van der Waals surface area contributed by atoms with Gasteiger partial charge in [0, 0.05) is 18.7 Å². The van der Waals surface area contributed by atoms with E-state index in [1.165, 1.54) is 29.2 Å². The number of hydrogen-bond acceptors (Lipinski definition) is 6. The molecule has 0 aliphatic carbocycles. The maximum absolute atomic E-state index is 14.3. The van der Waals surface area contributed by atoms with E-state index < -0.39 is 35.1 Å². The Morgan fingerprint density at radius 3 is 2.54 bits per heavy atom. The Morgan fingerprint density at radius 1 is 1.22 bits per heavy atom. The van der Waals surface area contributed by atoms with Crippen molar-refractivity contribution in [2.24, 2.45) is 0 Å². The summed E-state index contributed by atoms with van der Waals surface area (Å²) in [6.07, 6.45) is -4.21. The van der Waals surface area contributed by atoms with Crippen LogP contribution in [-0.4, -0.2) is 33.7 Å². The summed E-state index contributed by atoms with van der Waals surface area (Å²) < 4.78 is 53.9. The van der Waals surface area contributed by atoms with Gasteiger partial charge < -0.3 is 20.8 Å². The number of fused-ring (bicyclic) bond motifs is 1. The van der Waals surface area contributed by atoms with Gasteiger partial charge in [0.05, 0.1) is 35.0 Å². The lowest BCUT2D eigenvalue weighted by Crippen LogP contribution is -2.43. The van der Waals surface area contributed by atoms with E-state index in [9.17, 15) is 27.2 Å². The van der Waals surface area contributed by atoms with E-state index in [2.05, 4.69) is 10.3 Å². The summed E-state index contributed by atoms with van der Waals surface area (Å²) in [5.74, 6) is -1.25. The van der Waals surface area contributed by atoms with Crippen LogP contribution in [0.1, 0.15) is 52.6 Å². The highest BCUT2D eigenvalue weighted by atomic mass is 19.4. The van der Waals surface area contributed by atoms with Gasteiger partial charge in [-0.3, -0.25) is 9.59 Å². The lowest BCUT2D eigenvalue weighted by atomic mass is 10.0. The topological polar surface area (TPSA) is 102 Å². The largest absolute Gasteiger partial charge is 0.416 e. The molecule has 1 amide bonds. The minimum Gasteiger partial charge on any atom is -0.408 e. The second-order valence-electron chi connectivity index (χ2n) is 8.58. The predicted molar refractivity (Wildman–Crippen MR) is 128 cm³/mol. The van der Waals surface area contributed by atoms with Crippen molar-refractivity contribution in [2.75, 3.05) is 24.2 Å². The average molecular weight is 519 g/mol. The minimum absolute atomic E-state index is 0.0855. The molecule has 0 unspecified atom stereocenters. The fourth-order valence-electron chi connectivity index (χ4n) is 4.09. The first-order chi connectivity index (χ1) is 17.5. The number of nitrogens with one attached hydrogen (secondary N) is 1. The van der Waals surface area contributed by atoms with Gasteiger partial charge in [-0.15, -0.1) is 4.73 Å². The summed E-state index contributed by atoms with van der Waals surface area (Å²) in [6, 6.07) is 7.95. The van der Waals surface area contributed by atoms with Crippen molar-refractivity contribution in [2.45, 2.75) is 39.0 Å². The first-order valence-corrected chi connectivity index (χ1v) is 11.6. The molecule has 37 heavy (non-hydrogen) atoms. The number of carbonyl (C=O) groups excluding carboxylic acids is 1. The van der Waals surface area contributed by atoms with E-state index in [0.29, 0.717) is 11.3 Å². The van der Waals surface area contributed by atoms with E-state index in [1.54, 1.807) is 13.8 Å². The minimum atomic E-state index is -4.44. The number of rotatable bonds is 6. The highest BCUT2D eigenvalue weighted by Gasteiger charge is 2.31. The van der Waals surface area contributed by atoms with Crippen molar-refractivity contribution in [1.29, 1.82) is 0 Å². The third-order valence-electron chi connectivity index (χ3n) is 6.04. The Balaban J connectivity index is 1.60. The average Bonchev–Trinajstić information content (AvgIpc) is 2.85. The summed E-state index contributed by atoms with van der Waals surface area (Å²) >= 11 is 0. The van der Waals surface area contributed by atoms with Crippen molar-refractivity contribution < 1.29 is 27.2 Å². The zero-order valence-corrected chi connectivity index (χ0v) is 20.1. The summed E-state index contributed by atoms with van der Waals surface area (Å²) in [4.78, 5) is 37.6. The molecule has 4 rings (SSSR count). The third kappa shape index (κ3) is 5.37. The molecule has 8 nitrogen and oxygen atoms in total. The molecule has 0 radical (unpaired) electrons. The van der Waals surface area contributed by atoms with Crippen LogP contribution in [0, 0.1) is 5.82 Å². The maximum atomic E-state index is 14.3. The van der Waals surface area contributed by atoms with Crippen molar-refractivity contribution in [1.82, 2.24) is 14.6 Å². The van der Waals surface area contributed by atoms with Gasteiger partial charge in [-0.2, -0.15) is 13.2 Å². The summed E-state index contributed by atoms with van der Waals surface area (Å²) in [7, 11) is 0. The summed E-state index contributed by atoms with van der Waals surface area (Å²) in [5.41, 5.74) is 5.52. The van der Waals surface area contributed by atoms with Crippen LogP contribution in [0.4, 0.5) is 29.2 Å². The molecule has 1 aliphatic heterocycles. The van der Waals surface area contributed by atoms with Gasteiger partial charge in [-0.05, 0) is 49.7 Å². The number of hydrogen-bond donors (Lipinski definition) is 2. The van der Waals surface area contributed by atoms with E-state index >= 15 is 0 Å². The molecule has 0 fully saturated rings. The van der Waals surface area contributed by atoms with Crippen LogP contribution in [-0.2, 0) is 19.1 Å². The fourth-order valence-corrected chi connectivity index (χ4v) is 4.09. The predicted octanol–water partition coefficient (Wildman–Crippen LogP) is 3.80. The van der Waals surface area contributed by atoms with Gasteiger partial charge in [0.1, 0.15) is 12.4 Å². The number of halogens is 4. The number of aromatic nitrogens is 2. The first kappa shape index (κ1) is 26.0. The maximum Gasteiger partial charge on any atom is 0.416 e. The Morgan fingerprint density at radius 2 is 1.92 bits per heavy atom. The molecule has 0 bridgehead atoms. The number of benzene rings is 2. The summed E-state index contributed by atoms with van der Waals surface area (Å²) in [6.45, 7) is 3.63. The zero-order chi connectivity index (χ0) is 26.9. The van der Waals surface area contributed by atoms with Crippen LogP contribution in [0.25, 0.3) is 0 Å². The zero-order valence-electron chi connectivity index (χ0n) is 20.1. The van der Waals surface area contributed by atoms with Crippen LogP contribution < -0.4 is 21.4 Å². The van der Waals surface area contributed by atoms with Crippen LogP contribution >= 0.6 is 0 Å². The number of alkyl halides is 3. The number of nitrogens with two attached hydrogens (primary N) is 1. The summed E-state index contributed by atoms with van der Waals surface area (Å²) in [5, 5.41) is 3.04. The molecule has 1 atom stereocenters. The Hall–Kier alpha value is -4.09. The second kappa shape index (κ2) is 10.1. The SMILES string of the molecule is CCOn1c(N[C@@H](C)c2ccc(C(F)(F)F)cc2)nc2c(c1=O)CN(C(=O)c1ccc(N)cc1F)CC2. The monoisotopic (exact) mass is 519 g/mol.